The fourth-order valence-electron chi connectivity index (χ4n) is 3.37. The molecule has 1 atom stereocenters. The van der Waals surface area contributed by atoms with Crippen molar-refractivity contribution in [3.63, 3.8) is 0 Å². The first-order chi connectivity index (χ1) is 15.8. The third-order valence-electron chi connectivity index (χ3n) is 5.33. The Morgan fingerprint density at radius 1 is 1.06 bits per heavy atom. The summed E-state index contributed by atoms with van der Waals surface area (Å²) in [7, 11) is 0. The van der Waals surface area contributed by atoms with E-state index < -0.39 is 11.0 Å². The molecule has 0 aliphatic carbocycles. The van der Waals surface area contributed by atoms with Crippen molar-refractivity contribution in [3.05, 3.63) is 75.3 Å². The van der Waals surface area contributed by atoms with E-state index in [1.165, 1.54) is 23.9 Å². The van der Waals surface area contributed by atoms with Crippen LogP contribution in [0.5, 0.6) is 0 Å². The number of carbonyl (C=O) groups excluding carboxylic acids is 2. The Morgan fingerprint density at radius 2 is 1.70 bits per heavy atom. The van der Waals surface area contributed by atoms with Crippen LogP contribution in [0, 0.1) is 17.0 Å². The van der Waals surface area contributed by atoms with E-state index in [0.29, 0.717) is 25.3 Å². The van der Waals surface area contributed by atoms with Crippen LogP contribution in [0.25, 0.3) is 0 Å². The standard InChI is InChI=1S/C25H33N3O4S/c1-4-6-15-26-25(30)23(5-2)27(16-20-9-7-19(3)8-10-20)24(29)18-33-17-21-11-13-22(14-12-21)28(31)32/h7-14,23H,4-6,15-18H2,1-3H3,(H,26,30)/t23-/m1/s1. The molecule has 2 aromatic carbocycles. The third-order valence-corrected chi connectivity index (χ3v) is 6.32. The van der Waals surface area contributed by atoms with E-state index in [1.54, 1.807) is 17.0 Å². The van der Waals surface area contributed by atoms with E-state index in [2.05, 4.69) is 12.2 Å². The van der Waals surface area contributed by atoms with Gasteiger partial charge in [0, 0.05) is 31.0 Å². The first-order valence-electron chi connectivity index (χ1n) is 11.3. The normalized spacial score (nSPS) is 11.6. The van der Waals surface area contributed by atoms with E-state index >= 15 is 0 Å². The summed E-state index contributed by atoms with van der Waals surface area (Å²) in [4.78, 5) is 38.1. The van der Waals surface area contributed by atoms with Crippen LogP contribution in [0.2, 0.25) is 0 Å². The molecular weight excluding hydrogens is 438 g/mol. The van der Waals surface area contributed by atoms with Gasteiger partial charge in [-0.25, -0.2) is 0 Å². The molecule has 0 saturated heterocycles. The second kappa shape index (κ2) is 13.6. The summed E-state index contributed by atoms with van der Waals surface area (Å²) < 4.78 is 0. The summed E-state index contributed by atoms with van der Waals surface area (Å²) in [6.45, 7) is 6.98. The second-order valence-corrected chi connectivity index (χ2v) is 8.98. The maximum absolute atomic E-state index is 13.2. The van der Waals surface area contributed by atoms with Gasteiger partial charge in [0.2, 0.25) is 11.8 Å². The van der Waals surface area contributed by atoms with Gasteiger partial charge >= 0.3 is 0 Å². The third kappa shape index (κ3) is 8.53. The monoisotopic (exact) mass is 471 g/mol. The number of rotatable bonds is 13. The number of aryl methyl sites for hydroxylation is 1. The molecule has 2 rings (SSSR count). The zero-order chi connectivity index (χ0) is 24.2. The molecule has 0 radical (unpaired) electrons. The number of non-ortho nitro benzene ring substituents is 1. The minimum atomic E-state index is -0.532. The maximum atomic E-state index is 13.2. The average Bonchev–Trinajstić information content (AvgIpc) is 2.80. The van der Waals surface area contributed by atoms with Crippen molar-refractivity contribution in [1.82, 2.24) is 10.2 Å². The van der Waals surface area contributed by atoms with Gasteiger partial charge in [-0.05, 0) is 30.9 Å². The second-order valence-electron chi connectivity index (χ2n) is 7.99. The van der Waals surface area contributed by atoms with Crippen molar-refractivity contribution in [2.24, 2.45) is 0 Å². The number of nitro groups is 1. The van der Waals surface area contributed by atoms with Crippen molar-refractivity contribution >= 4 is 29.3 Å². The van der Waals surface area contributed by atoms with Crippen LogP contribution in [0.1, 0.15) is 49.8 Å². The van der Waals surface area contributed by atoms with Crippen LogP contribution < -0.4 is 5.32 Å². The fraction of sp³-hybridized carbons (Fsp3) is 0.440. The zero-order valence-electron chi connectivity index (χ0n) is 19.6. The smallest absolute Gasteiger partial charge is 0.269 e. The van der Waals surface area contributed by atoms with E-state index in [-0.39, 0.29) is 23.3 Å². The largest absolute Gasteiger partial charge is 0.354 e. The number of thioether (sulfide) groups is 1. The molecular formula is C25H33N3O4S. The first kappa shape index (κ1) is 26.4. The lowest BCUT2D eigenvalue weighted by Gasteiger charge is -2.30. The quantitative estimate of drug-likeness (QED) is 0.256. The molecule has 2 amide bonds. The van der Waals surface area contributed by atoms with Crippen LogP contribution in [0.15, 0.2) is 48.5 Å². The summed E-state index contributed by atoms with van der Waals surface area (Å²) in [5.41, 5.74) is 3.07. The van der Waals surface area contributed by atoms with E-state index in [4.69, 9.17) is 0 Å². The van der Waals surface area contributed by atoms with Gasteiger partial charge in [-0.15, -0.1) is 11.8 Å². The van der Waals surface area contributed by atoms with Crippen molar-refractivity contribution in [3.8, 4) is 0 Å². The van der Waals surface area contributed by atoms with Gasteiger partial charge in [0.05, 0.1) is 10.7 Å². The molecule has 7 nitrogen and oxygen atoms in total. The highest BCUT2D eigenvalue weighted by atomic mass is 32.2. The van der Waals surface area contributed by atoms with Gasteiger partial charge in [-0.2, -0.15) is 0 Å². The molecule has 0 bridgehead atoms. The van der Waals surface area contributed by atoms with Crippen molar-refractivity contribution in [1.29, 1.82) is 0 Å². The molecule has 0 spiro atoms. The lowest BCUT2D eigenvalue weighted by Crippen LogP contribution is -2.49. The van der Waals surface area contributed by atoms with E-state index in [0.717, 1.165) is 29.5 Å². The Balaban J connectivity index is 2.07. The van der Waals surface area contributed by atoms with E-state index in [9.17, 15) is 19.7 Å². The van der Waals surface area contributed by atoms with E-state index in [1.807, 2.05) is 38.1 Å². The lowest BCUT2D eigenvalue weighted by atomic mass is 10.1. The minimum Gasteiger partial charge on any atom is -0.354 e. The highest BCUT2D eigenvalue weighted by Crippen LogP contribution is 2.19. The molecule has 2 aromatic rings. The highest BCUT2D eigenvalue weighted by Gasteiger charge is 2.28. The zero-order valence-corrected chi connectivity index (χ0v) is 20.4. The summed E-state index contributed by atoms with van der Waals surface area (Å²) in [6.07, 6.45) is 2.42. The molecule has 0 aliphatic heterocycles. The molecule has 0 unspecified atom stereocenters. The predicted octanol–water partition coefficient (Wildman–Crippen LogP) is 4.86. The number of carbonyl (C=O) groups is 2. The number of unbranched alkanes of at least 4 members (excludes halogenated alkanes) is 1. The molecule has 33 heavy (non-hydrogen) atoms. The molecule has 0 aliphatic rings. The molecule has 0 aromatic heterocycles. The van der Waals surface area contributed by atoms with Crippen LogP contribution in [-0.2, 0) is 21.9 Å². The summed E-state index contributed by atoms with van der Waals surface area (Å²) in [6, 6.07) is 13.8. The molecule has 0 saturated carbocycles. The Kier molecular flexibility index (Phi) is 10.9. The summed E-state index contributed by atoms with van der Waals surface area (Å²) >= 11 is 1.44. The number of benzene rings is 2. The average molecular weight is 472 g/mol. The van der Waals surface area contributed by atoms with Gasteiger partial charge in [0.25, 0.3) is 5.69 Å². The van der Waals surface area contributed by atoms with Gasteiger partial charge in [-0.1, -0.05) is 62.2 Å². The summed E-state index contributed by atoms with van der Waals surface area (Å²) in [5.74, 6) is 0.565. The summed E-state index contributed by atoms with van der Waals surface area (Å²) in [5, 5.41) is 13.8. The molecule has 0 fully saturated rings. The predicted molar refractivity (Wildman–Crippen MR) is 133 cm³/mol. The van der Waals surface area contributed by atoms with Gasteiger partial charge < -0.3 is 10.2 Å². The molecule has 178 valence electrons. The topological polar surface area (TPSA) is 92.6 Å². The Morgan fingerprint density at radius 3 is 2.27 bits per heavy atom. The Labute approximate surface area is 200 Å². The van der Waals surface area contributed by atoms with Gasteiger partial charge in [-0.3, -0.25) is 19.7 Å². The van der Waals surface area contributed by atoms with Gasteiger partial charge in [0.15, 0.2) is 0 Å². The Hall–Kier alpha value is -2.87. The van der Waals surface area contributed by atoms with Crippen LogP contribution in [-0.4, -0.2) is 40.0 Å². The Bertz CT molecular complexity index is 916. The lowest BCUT2D eigenvalue weighted by molar-refractivity contribution is -0.384. The number of nitro benzene ring substituents is 1. The van der Waals surface area contributed by atoms with Crippen molar-refractivity contribution in [2.45, 2.75) is 58.4 Å². The van der Waals surface area contributed by atoms with Crippen LogP contribution in [0.3, 0.4) is 0 Å². The van der Waals surface area contributed by atoms with Crippen LogP contribution in [0.4, 0.5) is 5.69 Å². The molecule has 8 heteroatoms. The van der Waals surface area contributed by atoms with Crippen molar-refractivity contribution in [2.75, 3.05) is 12.3 Å². The minimum absolute atomic E-state index is 0.0453. The number of amides is 2. The fourth-order valence-corrected chi connectivity index (χ4v) is 4.24. The maximum Gasteiger partial charge on any atom is 0.269 e. The highest BCUT2D eigenvalue weighted by molar-refractivity contribution is 7.99. The number of hydrogen-bond acceptors (Lipinski definition) is 5. The van der Waals surface area contributed by atoms with Crippen molar-refractivity contribution < 1.29 is 14.5 Å². The van der Waals surface area contributed by atoms with Gasteiger partial charge in [0.1, 0.15) is 6.04 Å². The molecule has 1 N–H and O–H groups in total. The molecule has 0 heterocycles. The first-order valence-corrected chi connectivity index (χ1v) is 12.4. The number of nitrogens with zero attached hydrogens (tertiary/aromatic N) is 2. The number of hydrogen-bond donors (Lipinski definition) is 1. The van der Waals surface area contributed by atoms with Crippen LogP contribution >= 0.6 is 11.8 Å². The number of nitrogens with one attached hydrogen (secondary N) is 1. The SMILES string of the molecule is CCCCNC(=O)[C@@H](CC)N(Cc1ccc(C)cc1)C(=O)CSCc1ccc([N+](=O)[O-])cc1.